The van der Waals surface area contributed by atoms with E-state index in [0.717, 1.165) is 50.8 Å². The van der Waals surface area contributed by atoms with Gasteiger partial charge in [-0.3, -0.25) is 4.79 Å². The quantitative estimate of drug-likeness (QED) is 0.700. The first kappa shape index (κ1) is 17.3. The van der Waals surface area contributed by atoms with Crippen LogP contribution in [0.25, 0.3) is 10.6 Å². The smallest absolute Gasteiger partial charge is 0.365 e. The molecule has 2 aromatic heterocycles. The highest BCUT2D eigenvalue weighted by Crippen LogP contribution is 2.36. The summed E-state index contributed by atoms with van der Waals surface area (Å²) in [7, 11) is 0. The lowest BCUT2D eigenvalue weighted by Gasteiger charge is -2.15. The van der Waals surface area contributed by atoms with Crippen LogP contribution in [0.4, 0.5) is 11.6 Å². The maximum Gasteiger partial charge on any atom is 0.365 e. The number of hydrogen-bond donors (Lipinski definition) is 2. The molecule has 0 atom stereocenters. The molecule has 0 saturated carbocycles. The van der Waals surface area contributed by atoms with Crippen LogP contribution < -0.4 is 5.32 Å². The van der Waals surface area contributed by atoms with E-state index in [0.29, 0.717) is 18.8 Å². The van der Waals surface area contributed by atoms with Crippen molar-refractivity contribution < 1.29 is 14.7 Å². The molecule has 4 rings (SSSR count). The Bertz CT molecular complexity index is 1060. The number of Topliss-reactive ketones (excluding diaryl/α,β-unsaturated/α-hetero) is 1. The van der Waals surface area contributed by atoms with Gasteiger partial charge in [-0.15, -0.1) is 11.3 Å². The highest BCUT2D eigenvalue weighted by atomic mass is 32.1. The Morgan fingerprint density at radius 2 is 2.11 bits per heavy atom. The van der Waals surface area contributed by atoms with E-state index in [4.69, 9.17) is 0 Å². The lowest BCUT2D eigenvalue weighted by molar-refractivity contribution is -0.116. The minimum Gasteiger partial charge on any atom is -0.476 e. The molecular weight excluding hydrogens is 364 g/mol. The van der Waals surface area contributed by atoms with Crippen LogP contribution in [0.2, 0.25) is 0 Å². The van der Waals surface area contributed by atoms with Crippen molar-refractivity contribution in [2.75, 3.05) is 5.32 Å². The molecule has 136 valence electrons. The molecular formula is C19H16N4O3S. The molecule has 2 N–H and O–H groups in total. The zero-order chi connectivity index (χ0) is 19.0. The van der Waals surface area contributed by atoms with E-state index in [-0.39, 0.29) is 10.8 Å². The maximum atomic E-state index is 11.3. The SMILES string of the molecule is CC(=O)Cc1cccc(Nc2ncc3c(n2)-c2sc(C(=O)O)nc2CC3)c1. The average Bonchev–Trinajstić information content (AvgIpc) is 3.06. The topological polar surface area (TPSA) is 105 Å². The monoisotopic (exact) mass is 380 g/mol. The van der Waals surface area contributed by atoms with Crippen molar-refractivity contribution in [2.45, 2.75) is 26.2 Å². The molecule has 0 radical (unpaired) electrons. The van der Waals surface area contributed by atoms with Gasteiger partial charge >= 0.3 is 5.97 Å². The zero-order valence-electron chi connectivity index (χ0n) is 14.5. The molecule has 1 aliphatic carbocycles. The van der Waals surface area contributed by atoms with Crippen LogP contribution in [0.5, 0.6) is 0 Å². The lowest BCUT2D eigenvalue weighted by Crippen LogP contribution is -2.08. The number of aromatic nitrogens is 3. The number of ketones is 1. The summed E-state index contributed by atoms with van der Waals surface area (Å²) in [6, 6.07) is 7.55. The van der Waals surface area contributed by atoms with Crippen molar-refractivity contribution in [3.63, 3.8) is 0 Å². The molecule has 27 heavy (non-hydrogen) atoms. The zero-order valence-corrected chi connectivity index (χ0v) is 15.3. The van der Waals surface area contributed by atoms with Gasteiger partial charge in [0.15, 0.2) is 0 Å². The first-order valence-electron chi connectivity index (χ1n) is 8.44. The molecule has 7 nitrogen and oxygen atoms in total. The van der Waals surface area contributed by atoms with Crippen molar-refractivity contribution in [1.82, 2.24) is 15.0 Å². The number of carboxylic acid groups (broad SMARTS) is 1. The van der Waals surface area contributed by atoms with Crippen molar-refractivity contribution in [1.29, 1.82) is 0 Å². The second kappa shape index (κ2) is 6.88. The minimum atomic E-state index is -1.02. The maximum absolute atomic E-state index is 11.3. The predicted octanol–water partition coefficient (Wildman–Crippen LogP) is 3.27. The molecule has 0 spiro atoms. The van der Waals surface area contributed by atoms with Crippen LogP contribution in [-0.4, -0.2) is 31.8 Å². The third kappa shape index (κ3) is 3.56. The van der Waals surface area contributed by atoms with Crippen molar-refractivity contribution >= 4 is 34.7 Å². The number of nitrogens with one attached hydrogen (secondary N) is 1. The summed E-state index contributed by atoms with van der Waals surface area (Å²) < 4.78 is 0. The van der Waals surface area contributed by atoms with Gasteiger partial charge < -0.3 is 10.4 Å². The van der Waals surface area contributed by atoms with Gasteiger partial charge in [-0.2, -0.15) is 0 Å². The van der Waals surface area contributed by atoms with Crippen LogP contribution in [-0.2, 0) is 24.1 Å². The Hall–Kier alpha value is -3.13. The number of carbonyl (C=O) groups is 2. The van der Waals surface area contributed by atoms with Gasteiger partial charge in [0, 0.05) is 18.3 Å². The summed E-state index contributed by atoms with van der Waals surface area (Å²) in [5.74, 6) is -0.498. The van der Waals surface area contributed by atoms with Gasteiger partial charge in [-0.25, -0.2) is 19.7 Å². The standard InChI is InChI=1S/C19H16N4O3S/c1-10(24)7-11-3-2-4-13(8-11)21-19-20-9-12-5-6-14-16(15(12)23-19)27-17(22-14)18(25)26/h2-4,8-9H,5-7H2,1H3,(H,25,26)(H,20,21,23). The Kier molecular flexibility index (Phi) is 4.41. The van der Waals surface area contributed by atoms with E-state index in [1.54, 1.807) is 13.1 Å². The number of aromatic carboxylic acids is 1. The van der Waals surface area contributed by atoms with E-state index in [1.807, 2.05) is 24.3 Å². The molecule has 0 saturated heterocycles. The number of aryl methyl sites for hydroxylation is 2. The third-order valence-corrected chi connectivity index (χ3v) is 5.32. The first-order chi connectivity index (χ1) is 13.0. The molecule has 2 heterocycles. The fraction of sp³-hybridized carbons (Fsp3) is 0.211. The summed E-state index contributed by atoms with van der Waals surface area (Å²) in [6.45, 7) is 1.56. The molecule has 0 aliphatic heterocycles. The molecule has 0 unspecified atom stereocenters. The Balaban J connectivity index is 1.65. The second-order valence-corrected chi connectivity index (χ2v) is 7.37. The van der Waals surface area contributed by atoms with Crippen LogP contribution in [0.15, 0.2) is 30.5 Å². The third-order valence-electron chi connectivity index (χ3n) is 4.23. The van der Waals surface area contributed by atoms with Crippen molar-refractivity contribution in [3.8, 4) is 10.6 Å². The molecule has 0 fully saturated rings. The van der Waals surface area contributed by atoms with Gasteiger partial charge in [-0.1, -0.05) is 12.1 Å². The largest absolute Gasteiger partial charge is 0.476 e. The Labute approximate surface area is 159 Å². The summed E-state index contributed by atoms with van der Waals surface area (Å²) in [5.41, 5.74) is 4.21. The molecule has 3 aromatic rings. The summed E-state index contributed by atoms with van der Waals surface area (Å²) >= 11 is 1.14. The van der Waals surface area contributed by atoms with Crippen LogP contribution >= 0.6 is 11.3 Å². The molecule has 8 heteroatoms. The van der Waals surface area contributed by atoms with E-state index < -0.39 is 5.97 Å². The van der Waals surface area contributed by atoms with Crippen molar-refractivity contribution in [3.05, 3.63) is 52.3 Å². The van der Waals surface area contributed by atoms with Crippen LogP contribution in [0, 0.1) is 0 Å². The van der Waals surface area contributed by atoms with Gasteiger partial charge in [0.2, 0.25) is 11.0 Å². The number of hydrogen-bond acceptors (Lipinski definition) is 7. The highest BCUT2D eigenvalue weighted by molar-refractivity contribution is 7.17. The van der Waals surface area contributed by atoms with Crippen LogP contribution in [0.1, 0.15) is 33.5 Å². The molecule has 0 bridgehead atoms. The number of thiazole rings is 1. The number of carboxylic acids is 1. The van der Waals surface area contributed by atoms with E-state index in [2.05, 4.69) is 20.3 Å². The number of benzene rings is 1. The number of anilines is 2. The lowest BCUT2D eigenvalue weighted by atomic mass is 10.00. The first-order valence-corrected chi connectivity index (χ1v) is 9.26. The summed E-state index contributed by atoms with van der Waals surface area (Å²) in [6.07, 6.45) is 3.57. The second-order valence-electron chi connectivity index (χ2n) is 6.37. The number of carbonyl (C=O) groups excluding carboxylic acids is 1. The van der Waals surface area contributed by atoms with Gasteiger partial charge in [0.25, 0.3) is 0 Å². The summed E-state index contributed by atoms with van der Waals surface area (Å²) in [5, 5.41) is 12.4. The molecule has 1 aliphatic rings. The minimum absolute atomic E-state index is 0.0814. The normalized spacial score (nSPS) is 12.2. The van der Waals surface area contributed by atoms with Gasteiger partial charge in [0.1, 0.15) is 5.78 Å². The Morgan fingerprint density at radius 3 is 2.89 bits per heavy atom. The number of rotatable bonds is 5. The fourth-order valence-electron chi connectivity index (χ4n) is 3.07. The van der Waals surface area contributed by atoms with Gasteiger partial charge in [0.05, 0.1) is 16.3 Å². The average molecular weight is 380 g/mol. The van der Waals surface area contributed by atoms with E-state index >= 15 is 0 Å². The Morgan fingerprint density at radius 1 is 1.26 bits per heavy atom. The number of fused-ring (bicyclic) bond motifs is 3. The fourth-order valence-corrected chi connectivity index (χ4v) is 4.05. The van der Waals surface area contributed by atoms with Crippen LogP contribution in [0.3, 0.4) is 0 Å². The highest BCUT2D eigenvalue weighted by Gasteiger charge is 2.25. The predicted molar refractivity (Wildman–Crippen MR) is 102 cm³/mol. The summed E-state index contributed by atoms with van der Waals surface area (Å²) in [4.78, 5) is 36.5. The van der Waals surface area contributed by atoms with E-state index in [1.165, 1.54) is 0 Å². The molecule has 1 aromatic carbocycles. The van der Waals surface area contributed by atoms with E-state index in [9.17, 15) is 14.7 Å². The van der Waals surface area contributed by atoms with Crippen molar-refractivity contribution in [2.24, 2.45) is 0 Å². The van der Waals surface area contributed by atoms with Gasteiger partial charge in [-0.05, 0) is 43.0 Å². The number of nitrogens with zero attached hydrogens (tertiary/aromatic N) is 3. The molecule has 0 amide bonds.